The zero-order chi connectivity index (χ0) is 14.4. The normalized spacial score (nSPS) is 13.9. The van der Waals surface area contributed by atoms with E-state index in [9.17, 15) is 0 Å². The maximum atomic E-state index is 6.82. The summed E-state index contributed by atoms with van der Waals surface area (Å²) in [7, 11) is 0. The number of hydrogen-bond donors (Lipinski definition) is 1. The minimum absolute atomic E-state index is 0.375. The third kappa shape index (κ3) is 3.10. The summed E-state index contributed by atoms with van der Waals surface area (Å²) < 4.78 is 0. The fourth-order valence-corrected chi connectivity index (χ4v) is 2.88. The molecule has 0 aliphatic heterocycles. The van der Waals surface area contributed by atoms with E-state index < -0.39 is 0 Å². The Labute approximate surface area is 122 Å². The molecule has 0 fully saturated rings. The highest BCUT2D eigenvalue weighted by molar-refractivity contribution is 5.39. The van der Waals surface area contributed by atoms with E-state index in [1.54, 1.807) is 0 Å². The maximum Gasteiger partial charge on any atom is 0.0665 e. The van der Waals surface area contributed by atoms with E-state index in [2.05, 4.69) is 62.4 Å². The van der Waals surface area contributed by atoms with Crippen LogP contribution in [0.4, 0.5) is 0 Å². The molecule has 0 radical (unpaired) electrons. The van der Waals surface area contributed by atoms with Crippen LogP contribution in [-0.2, 0) is 12.0 Å². The van der Waals surface area contributed by atoms with Crippen LogP contribution in [0.2, 0.25) is 0 Å². The molecular formula is C19H25N. The van der Waals surface area contributed by atoms with E-state index in [0.717, 1.165) is 19.3 Å². The fourth-order valence-electron chi connectivity index (χ4n) is 2.88. The molecule has 0 spiro atoms. The van der Waals surface area contributed by atoms with Crippen LogP contribution in [0.3, 0.4) is 0 Å². The molecule has 0 saturated carbocycles. The lowest BCUT2D eigenvalue weighted by molar-refractivity contribution is 0.484. The second kappa shape index (κ2) is 6.71. The van der Waals surface area contributed by atoms with E-state index >= 15 is 0 Å². The molecule has 20 heavy (non-hydrogen) atoms. The molecule has 1 atom stereocenters. The number of benzene rings is 2. The van der Waals surface area contributed by atoms with Crippen LogP contribution in [0.15, 0.2) is 54.6 Å². The third-order valence-electron chi connectivity index (χ3n) is 3.91. The molecule has 0 aromatic heterocycles. The highest BCUT2D eigenvalue weighted by atomic mass is 14.7. The van der Waals surface area contributed by atoms with Crippen molar-refractivity contribution in [3.8, 4) is 0 Å². The van der Waals surface area contributed by atoms with Crippen LogP contribution in [0.1, 0.15) is 49.8 Å². The van der Waals surface area contributed by atoms with Crippen molar-refractivity contribution in [2.75, 3.05) is 0 Å². The van der Waals surface area contributed by atoms with Crippen LogP contribution in [-0.4, -0.2) is 0 Å². The summed E-state index contributed by atoms with van der Waals surface area (Å²) in [4.78, 5) is 0. The van der Waals surface area contributed by atoms with Crippen molar-refractivity contribution >= 4 is 0 Å². The van der Waals surface area contributed by atoms with Gasteiger partial charge >= 0.3 is 0 Å². The molecule has 0 amide bonds. The molecule has 0 aliphatic rings. The first kappa shape index (κ1) is 14.8. The Morgan fingerprint density at radius 3 is 2.20 bits per heavy atom. The standard InChI is InChI=1S/C19H25N/c1-3-9-16-10-8-13-18(15-16)19(20,14-4-2)17-11-6-5-7-12-17/h5-8,10-13,15H,3-4,9,14,20H2,1-2H3. The van der Waals surface area contributed by atoms with Gasteiger partial charge in [-0.25, -0.2) is 0 Å². The Kier molecular flexibility index (Phi) is 4.97. The lowest BCUT2D eigenvalue weighted by Crippen LogP contribution is -2.37. The van der Waals surface area contributed by atoms with Crippen molar-refractivity contribution in [3.63, 3.8) is 0 Å². The quantitative estimate of drug-likeness (QED) is 0.810. The van der Waals surface area contributed by atoms with Gasteiger partial charge in [-0.15, -0.1) is 0 Å². The van der Waals surface area contributed by atoms with Crippen LogP contribution < -0.4 is 5.73 Å². The molecule has 0 heterocycles. The summed E-state index contributed by atoms with van der Waals surface area (Å²) in [6.07, 6.45) is 4.32. The minimum atomic E-state index is -0.375. The van der Waals surface area contributed by atoms with Crippen molar-refractivity contribution in [1.29, 1.82) is 0 Å². The predicted octanol–water partition coefficient (Wildman–Crippen LogP) is 4.64. The SMILES string of the molecule is CCCc1cccc(C(N)(CCC)c2ccccc2)c1. The number of rotatable bonds is 6. The second-order valence-corrected chi connectivity index (χ2v) is 5.54. The largest absolute Gasteiger partial charge is 0.318 e. The molecular weight excluding hydrogens is 242 g/mol. The molecule has 1 heteroatoms. The van der Waals surface area contributed by atoms with Gasteiger partial charge < -0.3 is 5.73 Å². The van der Waals surface area contributed by atoms with Crippen LogP contribution >= 0.6 is 0 Å². The van der Waals surface area contributed by atoms with E-state index in [1.807, 2.05) is 6.07 Å². The third-order valence-corrected chi connectivity index (χ3v) is 3.91. The highest BCUT2D eigenvalue weighted by Crippen LogP contribution is 2.32. The van der Waals surface area contributed by atoms with E-state index in [0.29, 0.717) is 0 Å². The Morgan fingerprint density at radius 2 is 1.55 bits per heavy atom. The molecule has 0 aliphatic carbocycles. The molecule has 2 aromatic carbocycles. The molecule has 1 nitrogen and oxygen atoms in total. The second-order valence-electron chi connectivity index (χ2n) is 5.54. The Bertz CT molecular complexity index is 532. The molecule has 2 aromatic rings. The summed E-state index contributed by atoms with van der Waals surface area (Å²) >= 11 is 0. The summed E-state index contributed by atoms with van der Waals surface area (Å²) in [5.41, 5.74) is 10.3. The molecule has 2 N–H and O–H groups in total. The van der Waals surface area contributed by atoms with Gasteiger partial charge in [-0.05, 0) is 29.5 Å². The minimum Gasteiger partial charge on any atom is -0.318 e. The summed E-state index contributed by atoms with van der Waals surface area (Å²) in [6, 6.07) is 19.3. The van der Waals surface area contributed by atoms with Crippen molar-refractivity contribution in [2.24, 2.45) is 5.73 Å². The maximum absolute atomic E-state index is 6.82. The van der Waals surface area contributed by atoms with Gasteiger partial charge in [-0.3, -0.25) is 0 Å². The Balaban J connectivity index is 2.45. The fraction of sp³-hybridized carbons (Fsp3) is 0.368. The first-order valence-corrected chi connectivity index (χ1v) is 7.64. The average Bonchev–Trinajstić information content (AvgIpc) is 2.49. The number of aryl methyl sites for hydroxylation is 1. The molecule has 0 bridgehead atoms. The molecule has 2 rings (SSSR count). The molecule has 1 unspecified atom stereocenters. The highest BCUT2D eigenvalue weighted by Gasteiger charge is 2.28. The number of hydrogen-bond acceptors (Lipinski definition) is 1. The average molecular weight is 267 g/mol. The van der Waals surface area contributed by atoms with Gasteiger partial charge in [0.1, 0.15) is 0 Å². The van der Waals surface area contributed by atoms with Crippen LogP contribution in [0, 0.1) is 0 Å². The van der Waals surface area contributed by atoms with E-state index in [-0.39, 0.29) is 5.54 Å². The predicted molar refractivity (Wildman–Crippen MR) is 86.8 cm³/mol. The van der Waals surface area contributed by atoms with Crippen molar-refractivity contribution in [3.05, 3.63) is 71.3 Å². The van der Waals surface area contributed by atoms with Gasteiger partial charge in [0.15, 0.2) is 0 Å². The lowest BCUT2D eigenvalue weighted by atomic mass is 9.79. The van der Waals surface area contributed by atoms with Gasteiger partial charge in [0.25, 0.3) is 0 Å². The topological polar surface area (TPSA) is 26.0 Å². The van der Waals surface area contributed by atoms with E-state index in [4.69, 9.17) is 5.73 Å². The zero-order valence-corrected chi connectivity index (χ0v) is 12.6. The van der Waals surface area contributed by atoms with Crippen LogP contribution in [0.25, 0.3) is 0 Å². The van der Waals surface area contributed by atoms with Gasteiger partial charge in [0, 0.05) is 0 Å². The Hall–Kier alpha value is -1.60. The summed E-state index contributed by atoms with van der Waals surface area (Å²) in [6.45, 7) is 4.41. The first-order chi connectivity index (χ1) is 9.70. The smallest absolute Gasteiger partial charge is 0.0665 e. The van der Waals surface area contributed by atoms with Gasteiger partial charge in [-0.2, -0.15) is 0 Å². The van der Waals surface area contributed by atoms with E-state index in [1.165, 1.54) is 23.1 Å². The van der Waals surface area contributed by atoms with Crippen molar-refractivity contribution < 1.29 is 0 Å². The molecule has 106 valence electrons. The van der Waals surface area contributed by atoms with Gasteiger partial charge in [0.2, 0.25) is 0 Å². The summed E-state index contributed by atoms with van der Waals surface area (Å²) in [5.74, 6) is 0. The monoisotopic (exact) mass is 267 g/mol. The first-order valence-electron chi connectivity index (χ1n) is 7.64. The van der Waals surface area contributed by atoms with Crippen LogP contribution in [0.5, 0.6) is 0 Å². The zero-order valence-electron chi connectivity index (χ0n) is 12.6. The molecule has 0 saturated heterocycles. The summed E-state index contributed by atoms with van der Waals surface area (Å²) in [5, 5.41) is 0. The van der Waals surface area contributed by atoms with Gasteiger partial charge in [0.05, 0.1) is 5.54 Å². The van der Waals surface area contributed by atoms with Gasteiger partial charge in [-0.1, -0.05) is 81.3 Å². The lowest BCUT2D eigenvalue weighted by Gasteiger charge is -2.31. The van der Waals surface area contributed by atoms with Crippen molar-refractivity contribution in [2.45, 2.75) is 45.1 Å². The number of nitrogens with two attached hydrogens (primary N) is 1. The van der Waals surface area contributed by atoms with Crippen molar-refractivity contribution in [1.82, 2.24) is 0 Å². The Morgan fingerprint density at radius 1 is 0.850 bits per heavy atom.